The van der Waals surface area contributed by atoms with Gasteiger partial charge in [-0.3, -0.25) is 9.59 Å². The van der Waals surface area contributed by atoms with Gasteiger partial charge >= 0.3 is 0 Å². The Morgan fingerprint density at radius 2 is 1.00 bits per heavy atom. The van der Waals surface area contributed by atoms with Crippen molar-refractivity contribution in [1.82, 2.24) is 0 Å². The van der Waals surface area contributed by atoms with Crippen LogP contribution in [0.3, 0.4) is 0 Å². The lowest BCUT2D eigenvalue weighted by Crippen LogP contribution is -2.10. The number of amides is 2. The molecule has 4 aromatic rings. The number of furan rings is 2. The minimum atomic E-state index is -0.623. The first kappa shape index (κ1) is 18.1. The van der Waals surface area contributed by atoms with Gasteiger partial charge in [0.15, 0.2) is 11.5 Å². The number of hydrogen-bond donors (Lipinski definition) is 2. The summed E-state index contributed by atoms with van der Waals surface area (Å²) >= 11 is 0. The quantitative estimate of drug-likeness (QED) is 0.513. The normalized spacial score (nSPS) is 10.6. The van der Waals surface area contributed by atoms with Crippen molar-refractivity contribution in [2.45, 2.75) is 0 Å². The van der Waals surface area contributed by atoms with Gasteiger partial charge in [-0.25, -0.2) is 0 Å². The van der Waals surface area contributed by atoms with Crippen LogP contribution < -0.4 is 16.2 Å². The topological polar surface area (TPSA) is 122 Å². The molecule has 7 heteroatoms. The van der Waals surface area contributed by atoms with Gasteiger partial charge in [-0.2, -0.15) is 0 Å². The summed E-state index contributed by atoms with van der Waals surface area (Å²) in [5.74, 6) is 0.219. The third-order valence-corrected chi connectivity index (χ3v) is 4.34. The Bertz CT molecular complexity index is 1080. The maximum absolute atomic E-state index is 11.4. The fraction of sp³-hybridized carbons (Fsp3) is 0. The van der Waals surface area contributed by atoms with Gasteiger partial charge in [0.2, 0.25) is 0 Å². The molecule has 2 heterocycles. The zero-order valence-electron chi connectivity index (χ0n) is 15.1. The Labute approximate surface area is 165 Å². The number of rotatable bonds is 6. The van der Waals surface area contributed by atoms with Crippen molar-refractivity contribution in [3.8, 4) is 33.8 Å². The smallest absolute Gasteiger partial charge is 0.285 e. The van der Waals surface area contributed by atoms with Crippen LogP contribution in [0.25, 0.3) is 22.3 Å². The number of nitrogens with two attached hydrogens (primary N) is 2. The molecule has 0 aliphatic carbocycles. The highest BCUT2D eigenvalue weighted by Crippen LogP contribution is 2.30. The average molecular weight is 388 g/mol. The first-order valence-electron chi connectivity index (χ1n) is 8.66. The van der Waals surface area contributed by atoms with E-state index < -0.39 is 11.8 Å². The molecule has 0 saturated carbocycles. The van der Waals surface area contributed by atoms with E-state index in [0.29, 0.717) is 22.6 Å². The lowest BCUT2D eigenvalue weighted by molar-refractivity contribution is 0.0967. The zero-order valence-corrected chi connectivity index (χ0v) is 15.1. The average Bonchev–Trinajstić information content (AvgIpc) is 3.39. The molecule has 0 fully saturated rings. The van der Waals surface area contributed by atoms with E-state index in [-0.39, 0.29) is 11.5 Å². The summed E-state index contributed by atoms with van der Waals surface area (Å²) in [6, 6.07) is 17.7. The van der Waals surface area contributed by atoms with Crippen LogP contribution in [0, 0.1) is 0 Å². The number of hydrogen-bond acceptors (Lipinski definition) is 5. The van der Waals surface area contributed by atoms with E-state index >= 15 is 0 Å². The molecule has 0 bridgehead atoms. The fourth-order valence-corrected chi connectivity index (χ4v) is 3.00. The summed E-state index contributed by atoms with van der Waals surface area (Å²) in [6.07, 6.45) is 2.84. The molecule has 7 nitrogen and oxygen atoms in total. The molecule has 144 valence electrons. The van der Waals surface area contributed by atoms with E-state index in [1.165, 1.54) is 12.5 Å². The lowest BCUT2D eigenvalue weighted by atomic mass is 10.1. The Morgan fingerprint density at radius 3 is 1.34 bits per heavy atom. The monoisotopic (exact) mass is 388 g/mol. The first-order chi connectivity index (χ1) is 14.0. The number of benzene rings is 2. The Hall–Kier alpha value is -4.26. The summed E-state index contributed by atoms with van der Waals surface area (Å²) in [7, 11) is 0. The summed E-state index contributed by atoms with van der Waals surface area (Å²) in [5, 5.41) is 0. The van der Waals surface area contributed by atoms with Crippen LogP contribution in [-0.4, -0.2) is 11.8 Å². The zero-order chi connectivity index (χ0) is 20.4. The maximum atomic E-state index is 11.4. The van der Waals surface area contributed by atoms with Gasteiger partial charge in [0.1, 0.15) is 11.5 Å². The van der Waals surface area contributed by atoms with Crippen molar-refractivity contribution in [2.75, 3.05) is 0 Å². The number of ether oxygens (including phenoxy) is 1. The van der Waals surface area contributed by atoms with Crippen molar-refractivity contribution in [3.63, 3.8) is 0 Å². The summed E-state index contributed by atoms with van der Waals surface area (Å²) in [4.78, 5) is 22.8. The number of carbonyl (C=O) groups excluding carboxylic acids is 2. The standard InChI is InChI=1S/C22H16N2O5/c23-21(25)19-17(9-11-27-19)13-1-5-15(6-2-13)29-16-7-3-14(4-8-16)18-10-12-28-20(18)22(24)26/h1-12H,(H2,23,25)(H2,24,26). The van der Waals surface area contributed by atoms with Crippen molar-refractivity contribution in [1.29, 1.82) is 0 Å². The van der Waals surface area contributed by atoms with Crippen molar-refractivity contribution in [2.24, 2.45) is 11.5 Å². The van der Waals surface area contributed by atoms with Gasteiger partial charge in [0.05, 0.1) is 12.5 Å². The summed E-state index contributed by atoms with van der Waals surface area (Å²) in [6.45, 7) is 0. The second-order valence-corrected chi connectivity index (χ2v) is 6.21. The highest BCUT2D eigenvalue weighted by atomic mass is 16.5. The molecule has 2 amide bonds. The highest BCUT2D eigenvalue weighted by Gasteiger charge is 2.15. The van der Waals surface area contributed by atoms with E-state index in [1.807, 2.05) is 24.3 Å². The number of carbonyl (C=O) groups is 2. The molecule has 4 rings (SSSR count). The molecule has 0 atom stereocenters. The van der Waals surface area contributed by atoms with E-state index in [0.717, 1.165) is 11.1 Å². The van der Waals surface area contributed by atoms with E-state index in [4.69, 9.17) is 25.0 Å². The lowest BCUT2D eigenvalue weighted by Gasteiger charge is -2.08. The fourth-order valence-electron chi connectivity index (χ4n) is 3.00. The molecule has 29 heavy (non-hydrogen) atoms. The van der Waals surface area contributed by atoms with Gasteiger partial charge < -0.3 is 25.0 Å². The first-order valence-corrected chi connectivity index (χ1v) is 8.66. The third kappa shape index (κ3) is 3.61. The van der Waals surface area contributed by atoms with Crippen LogP contribution in [0.1, 0.15) is 21.1 Å². The summed E-state index contributed by atoms with van der Waals surface area (Å²) in [5.41, 5.74) is 13.4. The van der Waals surface area contributed by atoms with Gasteiger partial charge in [0, 0.05) is 11.1 Å². The highest BCUT2D eigenvalue weighted by molar-refractivity contribution is 5.97. The summed E-state index contributed by atoms with van der Waals surface area (Å²) < 4.78 is 16.1. The van der Waals surface area contributed by atoms with Crippen molar-refractivity contribution >= 4 is 11.8 Å². The van der Waals surface area contributed by atoms with Crippen molar-refractivity contribution in [3.05, 3.63) is 84.7 Å². The minimum absolute atomic E-state index is 0.115. The minimum Gasteiger partial charge on any atom is -0.459 e. The van der Waals surface area contributed by atoms with Gasteiger partial charge in [0.25, 0.3) is 11.8 Å². The second kappa shape index (κ2) is 7.40. The van der Waals surface area contributed by atoms with Gasteiger partial charge in [-0.15, -0.1) is 0 Å². The van der Waals surface area contributed by atoms with Crippen LogP contribution in [-0.2, 0) is 0 Å². The molecule has 0 spiro atoms. The molecule has 0 saturated heterocycles. The second-order valence-electron chi connectivity index (χ2n) is 6.21. The maximum Gasteiger partial charge on any atom is 0.285 e. The molecule has 0 unspecified atom stereocenters. The molecule has 2 aromatic carbocycles. The van der Waals surface area contributed by atoms with E-state index in [1.54, 1.807) is 36.4 Å². The van der Waals surface area contributed by atoms with E-state index in [2.05, 4.69) is 0 Å². The van der Waals surface area contributed by atoms with Gasteiger partial charge in [-0.05, 0) is 47.5 Å². The molecule has 2 aromatic heterocycles. The predicted molar refractivity (Wildman–Crippen MR) is 105 cm³/mol. The SMILES string of the molecule is NC(=O)c1occc1-c1ccc(Oc2ccc(-c3ccoc3C(N)=O)cc2)cc1. The van der Waals surface area contributed by atoms with Crippen LogP contribution in [0.15, 0.2) is 82.0 Å². The number of primary amides is 2. The van der Waals surface area contributed by atoms with Crippen molar-refractivity contribution < 1.29 is 23.2 Å². The molecule has 0 aliphatic rings. The molecular formula is C22H16N2O5. The molecule has 0 radical (unpaired) electrons. The third-order valence-electron chi connectivity index (χ3n) is 4.34. The van der Waals surface area contributed by atoms with Crippen LogP contribution in [0.4, 0.5) is 0 Å². The predicted octanol–water partition coefficient (Wildman–Crippen LogP) is 4.20. The Balaban J connectivity index is 1.51. The molecular weight excluding hydrogens is 372 g/mol. The largest absolute Gasteiger partial charge is 0.459 e. The molecule has 4 N–H and O–H groups in total. The van der Waals surface area contributed by atoms with Crippen LogP contribution >= 0.6 is 0 Å². The van der Waals surface area contributed by atoms with Gasteiger partial charge in [-0.1, -0.05) is 24.3 Å². The van der Waals surface area contributed by atoms with E-state index in [9.17, 15) is 9.59 Å². The Kier molecular flexibility index (Phi) is 4.62. The Morgan fingerprint density at radius 1 is 0.621 bits per heavy atom. The van der Waals surface area contributed by atoms with Crippen LogP contribution in [0.2, 0.25) is 0 Å². The van der Waals surface area contributed by atoms with Crippen LogP contribution in [0.5, 0.6) is 11.5 Å². The molecule has 0 aliphatic heterocycles.